The highest BCUT2D eigenvalue weighted by molar-refractivity contribution is 7.92. The smallest absolute Gasteiger partial charge is 0.264 e. The van der Waals surface area contributed by atoms with Crippen LogP contribution in [0.4, 0.5) is 10.1 Å². The molecule has 1 fully saturated rings. The van der Waals surface area contributed by atoms with Crippen molar-refractivity contribution in [3.05, 3.63) is 89.7 Å². The Bertz CT molecular complexity index is 1470. The van der Waals surface area contributed by atoms with Crippen LogP contribution in [-0.4, -0.2) is 50.4 Å². The number of carbonyl (C=O) groups excluding carboxylic acids is 2. The Hall–Kier alpha value is -3.92. The Morgan fingerprint density at radius 1 is 0.953 bits per heavy atom. The summed E-state index contributed by atoms with van der Waals surface area (Å²) in [6.07, 6.45) is 4.23. The van der Waals surface area contributed by atoms with Gasteiger partial charge in [0, 0.05) is 12.6 Å². The summed E-state index contributed by atoms with van der Waals surface area (Å²) >= 11 is 0. The maximum Gasteiger partial charge on any atom is 0.264 e. The Morgan fingerprint density at radius 3 is 2.16 bits per heavy atom. The molecular weight excluding hydrogens is 569 g/mol. The van der Waals surface area contributed by atoms with Crippen LogP contribution in [0.2, 0.25) is 0 Å². The number of aryl methyl sites for hydroxylation is 1. The number of anilines is 1. The predicted molar refractivity (Wildman–Crippen MR) is 165 cm³/mol. The van der Waals surface area contributed by atoms with Crippen LogP contribution in [0, 0.1) is 12.7 Å². The van der Waals surface area contributed by atoms with Crippen LogP contribution in [-0.2, 0) is 26.2 Å². The number of nitrogens with one attached hydrogen (secondary N) is 1. The molecule has 1 N–H and O–H groups in total. The van der Waals surface area contributed by atoms with Crippen LogP contribution >= 0.6 is 0 Å². The maximum absolute atomic E-state index is 14.2. The molecule has 0 spiro atoms. The van der Waals surface area contributed by atoms with Crippen molar-refractivity contribution in [2.45, 2.75) is 76.4 Å². The van der Waals surface area contributed by atoms with Crippen molar-refractivity contribution in [1.29, 1.82) is 0 Å². The molecule has 1 aliphatic carbocycles. The molecular formula is C33H40FN3O5S. The zero-order valence-corrected chi connectivity index (χ0v) is 25.8. The molecule has 1 aliphatic rings. The lowest BCUT2D eigenvalue weighted by Gasteiger charge is -2.33. The number of hydrogen-bond acceptors (Lipinski definition) is 5. The van der Waals surface area contributed by atoms with E-state index < -0.39 is 34.3 Å². The third-order valence-corrected chi connectivity index (χ3v) is 9.47. The minimum Gasteiger partial charge on any atom is -0.494 e. The zero-order chi connectivity index (χ0) is 31.0. The number of amides is 2. The van der Waals surface area contributed by atoms with E-state index in [4.69, 9.17) is 4.74 Å². The number of hydrogen-bond donors (Lipinski definition) is 1. The second kappa shape index (κ2) is 14.5. The Morgan fingerprint density at radius 2 is 1.58 bits per heavy atom. The molecule has 43 heavy (non-hydrogen) atoms. The molecule has 10 heteroatoms. The standard InChI is InChI=1S/C33H40FN3O5S/c1-4-31(33(39)35-27-8-6-7-9-27)36(22-25-12-10-24(3)11-13-25)32(38)23-37(28-16-14-26(34)15-17-28)43(40,41)30-20-18-29(19-21-30)42-5-2/h10-21,27,31H,4-9,22-23H2,1-3H3,(H,35,39)/t31-/m0/s1. The van der Waals surface area contributed by atoms with Gasteiger partial charge in [-0.05, 0) is 87.2 Å². The van der Waals surface area contributed by atoms with Crippen molar-refractivity contribution in [1.82, 2.24) is 10.2 Å². The molecule has 230 valence electrons. The molecule has 0 heterocycles. The van der Waals surface area contributed by atoms with Gasteiger partial charge < -0.3 is 15.0 Å². The average molecular weight is 610 g/mol. The van der Waals surface area contributed by atoms with Gasteiger partial charge in [0.25, 0.3) is 10.0 Å². The second-order valence-electron chi connectivity index (χ2n) is 10.8. The first-order valence-electron chi connectivity index (χ1n) is 14.8. The van der Waals surface area contributed by atoms with Gasteiger partial charge in [0.05, 0.1) is 17.2 Å². The molecule has 0 unspecified atom stereocenters. The van der Waals surface area contributed by atoms with Crippen LogP contribution < -0.4 is 14.4 Å². The number of ether oxygens (including phenoxy) is 1. The molecule has 1 atom stereocenters. The van der Waals surface area contributed by atoms with Crippen LogP contribution in [0.15, 0.2) is 77.7 Å². The van der Waals surface area contributed by atoms with Gasteiger partial charge in [-0.3, -0.25) is 13.9 Å². The summed E-state index contributed by atoms with van der Waals surface area (Å²) in [5.74, 6) is -0.830. The van der Waals surface area contributed by atoms with Gasteiger partial charge in [0.15, 0.2) is 0 Å². The first kappa shape index (κ1) is 32.0. The number of benzene rings is 3. The second-order valence-corrected chi connectivity index (χ2v) is 12.7. The summed E-state index contributed by atoms with van der Waals surface area (Å²) in [5.41, 5.74) is 1.99. The normalized spacial score (nSPS) is 14.2. The summed E-state index contributed by atoms with van der Waals surface area (Å²) in [6, 6.07) is 17.8. The van der Waals surface area contributed by atoms with E-state index in [-0.39, 0.29) is 29.1 Å². The highest BCUT2D eigenvalue weighted by atomic mass is 32.2. The summed E-state index contributed by atoms with van der Waals surface area (Å²) < 4.78 is 48.2. The van der Waals surface area contributed by atoms with Crippen molar-refractivity contribution in [3.8, 4) is 5.75 Å². The lowest BCUT2D eigenvalue weighted by atomic mass is 10.1. The number of carbonyl (C=O) groups is 2. The fourth-order valence-corrected chi connectivity index (χ4v) is 6.73. The Labute approximate surface area is 253 Å². The third kappa shape index (κ3) is 8.13. The topological polar surface area (TPSA) is 96.0 Å². The average Bonchev–Trinajstić information content (AvgIpc) is 3.50. The molecule has 4 rings (SSSR count). The lowest BCUT2D eigenvalue weighted by molar-refractivity contribution is -0.140. The highest BCUT2D eigenvalue weighted by Crippen LogP contribution is 2.27. The van der Waals surface area contributed by atoms with Crippen molar-refractivity contribution in [2.75, 3.05) is 17.5 Å². The molecule has 3 aromatic rings. The molecule has 8 nitrogen and oxygen atoms in total. The molecule has 2 amide bonds. The Balaban J connectivity index is 1.70. The molecule has 3 aromatic carbocycles. The number of nitrogens with zero attached hydrogens (tertiary/aromatic N) is 2. The SMILES string of the molecule is CCOc1ccc(S(=O)(=O)N(CC(=O)N(Cc2ccc(C)cc2)[C@@H](CC)C(=O)NC2CCCC2)c2ccc(F)cc2)cc1. The van der Waals surface area contributed by atoms with E-state index in [1.807, 2.05) is 45.0 Å². The van der Waals surface area contributed by atoms with Crippen LogP contribution in [0.25, 0.3) is 0 Å². The van der Waals surface area contributed by atoms with E-state index in [9.17, 15) is 22.4 Å². The summed E-state index contributed by atoms with van der Waals surface area (Å²) in [6.45, 7) is 5.58. The van der Waals surface area contributed by atoms with Gasteiger partial charge in [0.2, 0.25) is 11.8 Å². The number of sulfonamides is 1. The molecule has 1 saturated carbocycles. The molecule has 0 bridgehead atoms. The van der Waals surface area contributed by atoms with Crippen molar-refractivity contribution in [2.24, 2.45) is 0 Å². The van der Waals surface area contributed by atoms with Crippen molar-refractivity contribution < 1.29 is 27.1 Å². The first-order valence-corrected chi connectivity index (χ1v) is 16.2. The van der Waals surface area contributed by atoms with Crippen molar-refractivity contribution >= 4 is 27.5 Å². The third-order valence-electron chi connectivity index (χ3n) is 7.68. The van der Waals surface area contributed by atoms with Gasteiger partial charge in [-0.1, -0.05) is 49.6 Å². The first-order chi connectivity index (χ1) is 20.6. The van der Waals surface area contributed by atoms with Gasteiger partial charge in [-0.2, -0.15) is 0 Å². The lowest BCUT2D eigenvalue weighted by Crippen LogP contribution is -2.53. The summed E-state index contributed by atoms with van der Waals surface area (Å²) in [7, 11) is -4.27. The van der Waals surface area contributed by atoms with E-state index in [0.29, 0.717) is 18.8 Å². The monoisotopic (exact) mass is 609 g/mol. The quantitative estimate of drug-likeness (QED) is 0.273. The van der Waals surface area contributed by atoms with Crippen LogP contribution in [0.1, 0.15) is 57.1 Å². The van der Waals surface area contributed by atoms with E-state index in [1.54, 1.807) is 12.1 Å². The van der Waals surface area contributed by atoms with Crippen LogP contribution in [0.3, 0.4) is 0 Å². The van der Waals surface area contributed by atoms with Gasteiger partial charge in [0.1, 0.15) is 24.2 Å². The zero-order valence-electron chi connectivity index (χ0n) is 25.0. The van der Waals surface area contributed by atoms with Crippen LogP contribution in [0.5, 0.6) is 5.75 Å². The van der Waals surface area contributed by atoms with E-state index in [1.165, 1.54) is 29.2 Å². The summed E-state index contributed by atoms with van der Waals surface area (Å²) in [5, 5.41) is 3.10. The maximum atomic E-state index is 14.2. The minimum atomic E-state index is -4.27. The van der Waals surface area contributed by atoms with E-state index in [2.05, 4.69) is 5.32 Å². The minimum absolute atomic E-state index is 0.0517. The Kier molecular flexibility index (Phi) is 10.8. The molecule has 0 aromatic heterocycles. The van der Waals surface area contributed by atoms with Gasteiger partial charge in [-0.25, -0.2) is 12.8 Å². The number of rotatable bonds is 13. The summed E-state index contributed by atoms with van der Waals surface area (Å²) in [4.78, 5) is 29.1. The molecule has 0 radical (unpaired) electrons. The predicted octanol–water partition coefficient (Wildman–Crippen LogP) is 5.59. The fraction of sp³-hybridized carbons (Fsp3) is 0.394. The van der Waals surface area contributed by atoms with Gasteiger partial charge >= 0.3 is 0 Å². The van der Waals surface area contributed by atoms with Crippen molar-refractivity contribution in [3.63, 3.8) is 0 Å². The van der Waals surface area contributed by atoms with E-state index >= 15 is 0 Å². The largest absolute Gasteiger partial charge is 0.494 e. The number of halogens is 1. The molecule has 0 aliphatic heterocycles. The van der Waals surface area contributed by atoms with E-state index in [0.717, 1.165) is 53.2 Å². The highest BCUT2D eigenvalue weighted by Gasteiger charge is 2.34. The van der Waals surface area contributed by atoms with Gasteiger partial charge in [-0.15, -0.1) is 0 Å². The molecule has 0 saturated heterocycles. The fourth-order valence-electron chi connectivity index (χ4n) is 5.32.